The van der Waals surface area contributed by atoms with Crippen LogP contribution in [-0.4, -0.2) is 40.3 Å². The fraction of sp³-hybridized carbons (Fsp3) is 0.268. The van der Waals surface area contributed by atoms with Crippen LogP contribution in [-0.2, 0) is 26.5 Å². The van der Waals surface area contributed by atoms with Crippen molar-refractivity contribution in [3.63, 3.8) is 0 Å². The van der Waals surface area contributed by atoms with Crippen LogP contribution in [0.25, 0.3) is 32.9 Å². The Hall–Kier alpha value is -4.48. The molecule has 10 heteroatoms. The minimum atomic E-state index is -0.245. The first-order valence-electron chi connectivity index (χ1n) is 17.6. The van der Waals surface area contributed by atoms with Gasteiger partial charge in [-0.05, 0) is 82.3 Å². The molecule has 0 spiro atoms. The molecule has 2 aliphatic rings. The van der Waals surface area contributed by atoms with Crippen LogP contribution >= 0.6 is 0 Å². The molecule has 0 aliphatic carbocycles. The first kappa shape index (κ1) is 34.9. The Morgan fingerprint density at radius 3 is 2.33 bits per heavy atom. The number of ether oxygens (including phenoxy) is 1. The van der Waals surface area contributed by atoms with Crippen molar-refractivity contribution in [2.75, 3.05) is 11.9 Å². The molecular weight excluding hydrogens is 809 g/mol. The van der Waals surface area contributed by atoms with Crippen LogP contribution < -0.4 is 20.6 Å². The van der Waals surface area contributed by atoms with Gasteiger partial charge in [0.2, 0.25) is 5.88 Å². The van der Waals surface area contributed by atoms with Crippen LogP contribution in [0.4, 0.5) is 5.69 Å². The van der Waals surface area contributed by atoms with Gasteiger partial charge < -0.3 is 24.1 Å². The van der Waals surface area contributed by atoms with E-state index in [-0.39, 0.29) is 40.4 Å². The number of hydrogen-bond donors (Lipinski definition) is 0. The van der Waals surface area contributed by atoms with Crippen molar-refractivity contribution in [2.24, 2.45) is 0 Å². The third kappa shape index (κ3) is 5.94. The number of anilines is 1. The maximum Gasteiger partial charge on any atom is 2.00 e. The van der Waals surface area contributed by atoms with E-state index in [4.69, 9.17) is 19.9 Å². The maximum atomic E-state index is 6.51. The van der Waals surface area contributed by atoms with Crippen LogP contribution in [0.3, 0.4) is 0 Å². The van der Waals surface area contributed by atoms with Crippen molar-refractivity contribution in [3.05, 3.63) is 125 Å². The molecule has 6 aromatic rings. The summed E-state index contributed by atoms with van der Waals surface area (Å²) in [6.45, 7) is 15.5. The number of aromatic nitrogens is 3. The summed E-state index contributed by atoms with van der Waals surface area (Å²) in [7, 11) is 2.17. The van der Waals surface area contributed by atoms with Gasteiger partial charge in [-0.25, -0.2) is 9.97 Å². The molecule has 3 aromatic heterocycles. The van der Waals surface area contributed by atoms with Crippen molar-refractivity contribution < 1.29 is 25.8 Å². The Kier molecular flexibility index (Phi) is 9.08. The zero-order valence-corrected chi connectivity index (χ0v) is 32.7. The Morgan fingerprint density at radius 1 is 0.863 bits per heavy atom. The molecule has 0 radical (unpaired) electrons. The summed E-state index contributed by atoms with van der Waals surface area (Å²) in [6.07, 6.45) is 5.91. The Labute approximate surface area is 316 Å². The molecular formula is C41H42B2N6OPt. The van der Waals surface area contributed by atoms with Crippen LogP contribution in [0.5, 0.6) is 11.6 Å². The second kappa shape index (κ2) is 13.2. The van der Waals surface area contributed by atoms with Gasteiger partial charge in [-0.15, -0.1) is 17.5 Å². The minimum Gasteiger partial charge on any atom is -0.689 e. The van der Waals surface area contributed by atoms with Crippen molar-refractivity contribution >= 4 is 52.5 Å². The molecule has 7 nitrogen and oxygen atoms in total. The van der Waals surface area contributed by atoms with Crippen LogP contribution in [0.2, 0.25) is 0 Å². The number of benzene rings is 3. The summed E-state index contributed by atoms with van der Waals surface area (Å²) in [4.78, 5) is 12.3. The smallest absolute Gasteiger partial charge is 0.689 e. The largest absolute Gasteiger partial charge is 2.00 e. The molecule has 0 amide bonds. The van der Waals surface area contributed by atoms with Crippen molar-refractivity contribution in [3.8, 4) is 17.4 Å². The van der Waals surface area contributed by atoms with Crippen LogP contribution in [0, 0.1) is 6.07 Å². The molecule has 0 saturated carbocycles. The predicted octanol–water partition coefficient (Wildman–Crippen LogP) is 8.41. The Morgan fingerprint density at radius 2 is 1.61 bits per heavy atom. The Balaban J connectivity index is 0.00000406. The second-order valence-electron chi connectivity index (χ2n) is 15.2. The second-order valence-corrected chi connectivity index (χ2v) is 15.2. The van der Waals surface area contributed by atoms with E-state index in [0.29, 0.717) is 23.5 Å². The van der Waals surface area contributed by atoms with Gasteiger partial charge in [0, 0.05) is 34.8 Å². The molecule has 5 heterocycles. The van der Waals surface area contributed by atoms with Gasteiger partial charge in [0.05, 0.1) is 0 Å². The SMILES string of the molecule is CC(C)c1cccc(C(C)C)c1B1N2C=C[N-]B2c2nc(Oc3[c-]c4c(cc3)c3ccccc3n4-c3cc(C(C)(C)C)ccn3)ccc2N1C.[Pt+2]. The third-order valence-corrected chi connectivity index (χ3v) is 10.2. The minimum absolute atomic E-state index is 0. The van der Waals surface area contributed by atoms with Gasteiger partial charge in [-0.3, -0.25) is 0 Å². The number of para-hydroxylation sites is 1. The first-order valence-corrected chi connectivity index (χ1v) is 17.6. The molecule has 0 bridgehead atoms. The van der Waals surface area contributed by atoms with Gasteiger partial charge in [-0.1, -0.05) is 90.4 Å². The Bertz CT molecular complexity index is 2270. The molecule has 0 unspecified atom stereocenters. The average molecular weight is 852 g/mol. The first-order chi connectivity index (χ1) is 24.0. The maximum absolute atomic E-state index is 6.51. The zero-order chi connectivity index (χ0) is 34.9. The van der Waals surface area contributed by atoms with Crippen LogP contribution in [0.15, 0.2) is 97.5 Å². The van der Waals surface area contributed by atoms with Gasteiger partial charge in [0.25, 0.3) is 0 Å². The van der Waals surface area contributed by atoms with Crippen molar-refractivity contribution in [2.45, 2.75) is 65.7 Å². The summed E-state index contributed by atoms with van der Waals surface area (Å²) in [5, 5.41) is 7.16. The van der Waals surface area contributed by atoms with Gasteiger partial charge in [0.1, 0.15) is 5.82 Å². The standard InChI is InChI=1S/C41H42B2N6O.Pt/c1-26(2)30-13-11-14-31(27(3)4)39(30)43-47(8)35-18-19-38(46-40(35)42-45-22-23-48(42)43)50-29-16-17-33-32-12-9-10-15-34(32)49(36(33)25-29)37-24-28(20-21-44-37)41(5,6)7;/h9-24,26-27H,1-8H3;/q-2;+2. The summed E-state index contributed by atoms with van der Waals surface area (Å²) in [6, 6.07) is 31.2. The van der Waals surface area contributed by atoms with E-state index >= 15 is 0 Å². The normalized spacial score (nSPS) is 14.0. The molecule has 51 heavy (non-hydrogen) atoms. The number of pyridine rings is 2. The molecule has 258 valence electrons. The fourth-order valence-corrected chi connectivity index (χ4v) is 7.65. The average Bonchev–Trinajstić information content (AvgIpc) is 3.71. The number of hydrogen-bond acceptors (Lipinski definition) is 5. The summed E-state index contributed by atoms with van der Waals surface area (Å²) >= 11 is 0. The van der Waals surface area contributed by atoms with Crippen molar-refractivity contribution in [1.82, 2.24) is 19.3 Å². The van der Waals surface area contributed by atoms with E-state index in [9.17, 15) is 0 Å². The summed E-state index contributed by atoms with van der Waals surface area (Å²) in [5.74, 6) is 2.74. The van der Waals surface area contributed by atoms with E-state index in [2.05, 4.69) is 149 Å². The number of rotatable bonds is 6. The van der Waals surface area contributed by atoms with E-state index in [1.807, 2.05) is 24.5 Å². The molecule has 0 saturated heterocycles. The van der Waals surface area contributed by atoms with Gasteiger partial charge >= 0.3 is 28.0 Å². The molecule has 3 aromatic carbocycles. The van der Waals surface area contributed by atoms with E-state index in [1.165, 1.54) is 22.2 Å². The summed E-state index contributed by atoms with van der Waals surface area (Å²) < 4.78 is 11.0. The fourth-order valence-electron chi connectivity index (χ4n) is 7.65. The number of nitrogens with zero attached hydrogens (tertiary/aromatic N) is 6. The van der Waals surface area contributed by atoms with E-state index < -0.39 is 0 Å². The van der Waals surface area contributed by atoms with Crippen molar-refractivity contribution in [1.29, 1.82) is 0 Å². The topological polar surface area (TPSA) is 60.5 Å². The molecule has 0 N–H and O–H groups in total. The third-order valence-electron chi connectivity index (χ3n) is 10.2. The number of fused-ring (bicyclic) bond motifs is 6. The molecule has 2 aliphatic heterocycles. The van der Waals surface area contributed by atoms with E-state index in [1.54, 1.807) is 0 Å². The monoisotopic (exact) mass is 851 g/mol. The van der Waals surface area contributed by atoms with Gasteiger partial charge in [0.15, 0.2) is 6.98 Å². The molecule has 8 rings (SSSR count). The zero-order valence-electron chi connectivity index (χ0n) is 30.5. The molecule has 0 fully saturated rings. The van der Waals surface area contributed by atoms with E-state index in [0.717, 1.165) is 38.9 Å². The summed E-state index contributed by atoms with van der Waals surface area (Å²) in [5.41, 5.74) is 9.22. The predicted molar refractivity (Wildman–Crippen MR) is 209 cm³/mol. The molecule has 0 atom stereocenters. The van der Waals surface area contributed by atoms with Gasteiger partial charge in [-0.2, -0.15) is 12.3 Å². The quantitative estimate of drug-likeness (QED) is 0.125. The van der Waals surface area contributed by atoms with Crippen LogP contribution in [0.1, 0.15) is 77.0 Å².